The van der Waals surface area contributed by atoms with Gasteiger partial charge in [-0.2, -0.15) is 39.5 Å². The summed E-state index contributed by atoms with van der Waals surface area (Å²) in [6.45, 7) is 8.35. The lowest BCUT2D eigenvalue weighted by Gasteiger charge is -2.17. The van der Waals surface area contributed by atoms with Crippen molar-refractivity contribution in [3.63, 3.8) is 0 Å². The highest BCUT2D eigenvalue weighted by Crippen LogP contribution is 2.42. The van der Waals surface area contributed by atoms with Gasteiger partial charge < -0.3 is 16.0 Å². The number of amides is 9. The largest absolute Gasteiger partial charge is 0.423 e. The predicted octanol–water partition coefficient (Wildman–Crippen LogP) is 7.35. The summed E-state index contributed by atoms with van der Waals surface area (Å²) < 4.78 is 116. The summed E-state index contributed by atoms with van der Waals surface area (Å²) in [5.41, 5.74) is -13.0. The van der Waals surface area contributed by atoms with Gasteiger partial charge in [0.15, 0.2) is 0 Å². The molecule has 9 amide bonds. The zero-order valence-corrected chi connectivity index (χ0v) is 34.2. The number of nitrogens with one attached hydrogen (secondary N) is 3. The van der Waals surface area contributed by atoms with Crippen molar-refractivity contribution >= 4 is 69.9 Å². The Kier molecular flexibility index (Phi) is 13.0. The number of halogens is 9. The van der Waals surface area contributed by atoms with Gasteiger partial charge in [-0.3, -0.25) is 44.7 Å². The van der Waals surface area contributed by atoms with E-state index in [9.17, 15) is 98.6 Å². The third-order valence-corrected chi connectivity index (χ3v) is 9.30. The van der Waals surface area contributed by atoms with Crippen molar-refractivity contribution in [2.75, 3.05) is 14.7 Å². The highest BCUT2D eigenvalue weighted by Gasteiger charge is 2.49. The van der Waals surface area contributed by atoms with Gasteiger partial charge in [0.25, 0.3) is 34.8 Å². The van der Waals surface area contributed by atoms with E-state index in [0.29, 0.717) is 51.1 Å². The van der Waals surface area contributed by atoms with Crippen molar-refractivity contribution in [2.45, 2.75) is 76.7 Å². The Morgan fingerprint density at radius 1 is 0.424 bits per heavy atom. The average Bonchev–Trinajstić information content (AvgIpc) is 3.61. The Morgan fingerprint density at radius 2 is 0.621 bits per heavy atom. The van der Waals surface area contributed by atoms with E-state index < -0.39 is 119 Å². The van der Waals surface area contributed by atoms with Crippen LogP contribution in [0.3, 0.4) is 0 Å². The molecule has 0 spiro atoms. The van der Waals surface area contributed by atoms with E-state index in [1.165, 1.54) is 41.5 Å². The molecule has 0 saturated carbocycles. The number of imide groups is 3. The van der Waals surface area contributed by atoms with Gasteiger partial charge in [-0.05, 0) is 77.9 Å². The van der Waals surface area contributed by atoms with Crippen molar-refractivity contribution in [3.8, 4) is 0 Å². The van der Waals surface area contributed by atoms with Crippen molar-refractivity contribution in [2.24, 2.45) is 0 Å². The average molecular weight is 952 g/mol. The highest BCUT2D eigenvalue weighted by molar-refractivity contribution is 6.24. The maximum atomic E-state index is 12.9. The summed E-state index contributed by atoms with van der Waals surface area (Å²) in [6, 6.07) is 3.18. The fourth-order valence-electron chi connectivity index (χ4n) is 6.10. The molecular formula is C36H30F9N9O12. The van der Waals surface area contributed by atoms with Crippen LogP contribution in [0.5, 0.6) is 0 Å². The molecule has 3 fully saturated rings. The van der Waals surface area contributed by atoms with Gasteiger partial charge in [0.2, 0.25) is 0 Å². The summed E-state index contributed by atoms with van der Waals surface area (Å²) in [5, 5.41) is 39.0. The second-order valence-corrected chi connectivity index (χ2v) is 15.5. The number of nitrogens with zero attached hydrogens (tertiary/aromatic N) is 6. The molecule has 0 radical (unpaired) electrons. The first-order chi connectivity index (χ1) is 29.8. The Morgan fingerprint density at radius 3 is 0.758 bits per heavy atom. The van der Waals surface area contributed by atoms with E-state index in [1.54, 1.807) is 0 Å². The van der Waals surface area contributed by atoms with Crippen LogP contribution in [0.2, 0.25) is 0 Å². The Bertz CT molecular complexity index is 2330. The van der Waals surface area contributed by atoms with Crippen LogP contribution in [0.1, 0.15) is 58.2 Å². The molecule has 0 atom stereocenters. The van der Waals surface area contributed by atoms with Crippen LogP contribution in [-0.4, -0.2) is 67.2 Å². The topological polar surface area (TPSA) is 278 Å². The molecule has 0 bridgehead atoms. The van der Waals surface area contributed by atoms with E-state index >= 15 is 0 Å². The van der Waals surface area contributed by atoms with E-state index in [2.05, 4.69) is 16.0 Å². The summed E-state index contributed by atoms with van der Waals surface area (Å²) in [4.78, 5) is 101. The van der Waals surface area contributed by atoms with Gasteiger partial charge in [0.1, 0.15) is 33.3 Å². The quantitative estimate of drug-likeness (QED) is 0.0947. The van der Waals surface area contributed by atoms with Gasteiger partial charge in [0, 0.05) is 18.2 Å². The third-order valence-electron chi connectivity index (χ3n) is 9.30. The lowest BCUT2D eigenvalue weighted by molar-refractivity contribution is -0.388. The third kappa shape index (κ3) is 10.0. The van der Waals surface area contributed by atoms with E-state index in [-0.39, 0.29) is 17.1 Å². The Labute approximate surface area is 361 Å². The molecule has 0 unspecified atom stereocenters. The number of benzene rings is 3. The van der Waals surface area contributed by atoms with Crippen LogP contribution in [0, 0.1) is 30.3 Å². The van der Waals surface area contributed by atoms with Crippen LogP contribution in [0.25, 0.3) is 0 Å². The summed E-state index contributed by atoms with van der Waals surface area (Å²) in [6.07, 6.45) is -15.0. The number of hydrogen-bond donors (Lipinski definition) is 3. The second kappa shape index (κ2) is 16.9. The highest BCUT2D eigenvalue weighted by atomic mass is 19.4. The van der Waals surface area contributed by atoms with Crippen LogP contribution in [0.15, 0.2) is 54.6 Å². The Hall–Kier alpha value is -7.95. The molecule has 3 heterocycles. The maximum absolute atomic E-state index is 12.9. The molecule has 3 aromatic carbocycles. The van der Waals surface area contributed by atoms with Crippen molar-refractivity contribution in [1.29, 1.82) is 0 Å². The van der Waals surface area contributed by atoms with E-state index in [1.807, 2.05) is 0 Å². The number of carbonyl (C=O) groups excluding carboxylic acids is 6. The lowest BCUT2D eigenvalue weighted by Crippen LogP contribution is -2.40. The van der Waals surface area contributed by atoms with Gasteiger partial charge in [0.05, 0.1) is 31.8 Å². The monoisotopic (exact) mass is 951 g/mol. The molecule has 3 aliphatic heterocycles. The fraction of sp³-hybridized carbons (Fsp3) is 0.333. The molecule has 3 N–H and O–H groups in total. The van der Waals surface area contributed by atoms with E-state index in [0.717, 1.165) is 18.2 Å². The van der Waals surface area contributed by atoms with Gasteiger partial charge in [-0.25, -0.2) is 29.1 Å². The fourth-order valence-corrected chi connectivity index (χ4v) is 6.10. The number of anilines is 3. The zero-order chi connectivity index (χ0) is 50.6. The smallest absolute Gasteiger partial charge is 0.323 e. The van der Waals surface area contributed by atoms with E-state index in [4.69, 9.17) is 0 Å². The SMILES string of the molecule is CC1(C)NC(=O)N(c2ccc([N+](=O)[O-])c(C(F)(F)F)c2)C1=O.CC1(C)NC(=O)N(c2ccc([N+](=O)[O-])c(C(F)(F)F)c2)C1=O.CC1(C)NC(=O)N(c2ccc([N+](=O)[O-])c(C(F)(F)F)c2)C1=O. The van der Waals surface area contributed by atoms with Crippen molar-refractivity contribution in [1.82, 2.24) is 16.0 Å². The first kappa shape index (κ1) is 50.7. The second-order valence-electron chi connectivity index (χ2n) is 15.5. The number of carbonyl (C=O) groups is 6. The first-order valence-electron chi connectivity index (χ1n) is 17.9. The minimum Gasteiger partial charge on any atom is -0.323 e. The van der Waals surface area contributed by atoms with Crippen molar-refractivity contribution < 1.29 is 83.1 Å². The minimum atomic E-state index is -4.99. The molecule has 3 saturated heterocycles. The normalized spacial score (nSPS) is 17.6. The van der Waals surface area contributed by atoms with Crippen molar-refractivity contribution in [3.05, 3.63) is 102 Å². The summed E-state index contributed by atoms with van der Waals surface area (Å²) >= 11 is 0. The number of nitro groups is 3. The number of urea groups is 3. The van der Waals surface area contributed by atoms with Gasteiger partial charge >= 0.3 is 36.6 Å². The molecule has 3 aromatic rings. The molecule has 0 aromatic heterocycles. The predicted molar refractivity (Wildman–Crippen MR) is 205 cm³/mol. The lowest BCUT2D eigenvalue weighted by atomic mass is 10.1. The van der Waals surface area contributed by atoms with Crippen LogP contribution in [0.4, 0.5) is 88.0 Å². The number of hydrogen-bond acceptors (Lipinski definition) is 12. The molecule has 354 valence electrons. The van der Waals surface area contributed by atoms with Gasteiger partial charge in [-0.1, -0.05) is 0 Å². The molecule has 3 aliphatic rings. The zero-order valence-electron chi connectivity index (χ0n) is 34.2. The maximum Gasteiger partial charge on any atom is 0.423 e. The van der Waals surface area contributed by atoms with Gasteiger partial charge in [-0.15, -0.1) is 0 Å². The van der Waals surface area contributed by atoms with Crippen LogP contribution >= 0.6 is 0 Å². The summed E-state index contributed by atoms with van der Waals surface area (Å²) in [5.74, 6) is -2.25. The molecule has 66 heavy (non-hydrogen) atoms. The Balaban J connectivity index is 0.000000216. The summed E-state index contributed by atoms with van der Waals surface area (Å²) in [7, 11) is 0. The number of nitro benzene ring substituents is 3. The van der Waals surface area contributed by atoms with Crippen LogP contribution < -0.4 is 30.7 Å². The number of rotatable bonds is 6. The van der Waals surface area contributed by atoms with Crippen LogP contribution in [-0.2, 0) is 32.9 Å². The standard InChI is InChI=1S/3C12H10F3N3O4/c3*1-11(2)9(19)17(10(20)16-11)6-3-4-8(18(21)22)7(5-6)12(13,14)15/h3*3-5H,1-2H3,(H,16,20). The molecule has 30 heteroatoms. The molecular weight excluding hydrogens is 921 g/mol. The number of alkyl halides is 9. The molecule has 0 aliphatic carbocycles. The molecule has 6 rings (SSSR count). The molecule has 21 nitrogen and oxygen atoms in total. The first-order valence-corrected chi connectivity index (χ1v) is 17.9. The minimum absolute atomic E-state index is 0.383.